The second-order valence-corrected chi connectivity index (χ2v) is 4.48. The molecule has 0 aromatic carbocycles. The van der Waals surface area contributed by atoms with Crippen LogP contribution in [0.4, 0.5) is 0 Å². The molecular weight excluding hydrogens is 272 g/mol. The molecule has 5 heteroatoms. The van der Waals surface area contributed by atoms with E-state index in [2.05, 4.69) is 26.2 Å². The van der Waals surface area contributed by atoms with Gasteiger partial charge in [0.05, 0.1) is 0 Å². The molecule has 0 saturated carbocycles. The number of nitrogens with one attached hydrogen (secondary N) is 2. The molecule has 2 N–H and O–H groups in total. The van der Waals surface area contributed by atoms with Gasteiger partial charge in [-0.25, -0.2) is 0 Å². The molecule has 0 aliphatic carbocycles. The first-order valence-corrected chi connectivity index (χ1v) is 6.20. The zero-order valence-corrected chi connectivity index (χ0v) is 10.9. The molecule has 0 fully saturated rings. The third-order valence-electron chi connectivity index (χ3n) is 2.56. The molecule has 1 heterocycles. The number of carbonyl (C=O) groups is 1. The van der Waals surface area contributed by atoms with Gasteiger partial charge in [-0.3, -0.25) is 9.59 Å². The molecular formula is C11H15BrN2O2. The Morgan fingerprint density at radius 1 is 1.62 bits per heavy atom. The Morgan fingerprint density at radius 3 is 2.81 bits per heavy atom. The number of carbonyl (C=O) groups excluding carboxylic acids is 1. The number of H-pyrrole nitrogens is 1. The van der Waals surface area contributed by atoms with Crippen molar-refractivity contribution in [1.82, 2.24) is 10.3 Å². The molecule has 1 amide bonds. The Bertz CT molecular complexity index is 424. The molecule has 1 atom stereocenters. The van der Waals surface area contributed by atoms with Gasteiger partial charge in [0.25, 0.3) is 5.91 Å². The van der Waals surface area contributed by atoms with E-state index in [1.807, 2.05) is 13.8 Å². The lowest BCUT2D eigenvalue weighted by Crippen LogP contribution is -2.48. The van der Waals surface area contributed by atoms with Crippen LogP contribution in [0, 0.1) is 0 Å². The molecule has 1 unspecified atom stereocenters. The molecule has 1 aromatic rings. The lowest BCUT2D eigenvalue weighted by atomic mass is 10.0. The number of aromatic amines is 1. The average molecular weight is 287 g/mol. The van der Waals surface area contributed by atoms with Crippen molar-refractivity contribution >= 4 is 21.8 Å². The first-order chi connectivity index (χ1) is 7.52. The van der Waals surface area contributed by atoms with E-state index >= 15 is 0 Å². The molecule has 1 rings (SSSR count). The Balaban J connectivity index is 2.89. The predicted octanol–water partition coefficient (Wildman–Crippen LogP) is 1.67. The van der Waals surface area contributed by atoms with E-state index in [1.54, 1.807) is 0 Å². The number of pyridine rings is 1. The molecule has 0 radical (unpaired) electrons. The van der Waals surface area contributed by atoms with Gasteiger partial charge in [-0.1, -0.05) is 22.9 Å². The Kier molecular flexibility index (Phi) is 4.29. The number of amides is 1. The summed E-state index contributed by atoms with van der Waals surface area (Å²) in [6.07, 6.45) is 3.71. The van der Waals surface area contributed by atoms with E-state index < -0.39 is 0 Å². The highest BCUT2D eigenvalue weighted by atomic mass is 79.9. The summed E-state index contributed by atoms with van der Waals surface area (Å²) in [7, 11) is 0. The molecule has 88 valence electrons. The van der Waals surface area contributed by atoms with Crippen LogP contribution >= 0.6 is 15.9 Å². The van der Waals surface area contributed by atoms with Gasteiger partial charge in [0.15, 0.2) is 5.43 Å². The number of hydrogen-bond donors (Lipinski definition) is 2. The maximum Gasteiger partial charge on any atom is 0.257 e. The van der Waals surface area contributed by atoms with Crippen molar-refractivity contribution in [1.29, 1.82) is 0 Å². The summed E-state index contributed by atoms with van der Waals surface area (Å²) in [5.74, 6) is -0.342. The van der Waals surface area contributed by atoms with E-state index in [0.29, 0.717) is 5.33 Å². The van der Waals surface area contributed by atoms with Crippen molar-refractivity contribution in [3.63, 3.8) is 0 Å². The summed E-state index contributed by atoms with van der Waals surface area (Å²) in [5, 5.41) is 3.49. The first-order valence-electron chi connectivity index (χ1n) is 5.08. The van der Waals surface area contributed by atoms with E-state index in [1.165, 1.54) is 18.5 Å². The van der Waals surface area contributed by atoms with Gasteiger partial charge in [0, 0.05) is 29.3 Å². The van der Waals surface area contributed by atoms with Gasteiger partial charge in [-0.2, -0.15) is 0 Å². The molecule has 0 aliphatic heterocycles. The zero-order valence-electron chi connectivity index (χ0n) is 9.34. The number of aromatic nitrogens is 1. The van der Waals surface area contributed by atoms with Gasteiger partial charge in [-0.05, 0) is 13.3 Å². The number of rotatable bonds is 4. The Labute approximate surface area is 103 Å². The summed E-state index contributed by atoms with van der Waals surface area (Å²) >= 11 is 3.35. The quantitative estimate of drug-likeness (QED) is 0.827. The lowest BCUT2D eigenvalue weighted by molar-refractivity contribution is 0.0912. The minimum Gasteiger partial charge on any atom is -0.367 e. The number of halogens is 1. The summed E-state index contributed by atoms with van der Waals surface area (Å²) in [5.41, 5.74) is -0.466. The fraction of sp³-hybridized carbons (Fsp3) is 0.455. The third kappa shape index (κ3) is 2.95. The van der Waals surface area contributed by atoms with E-state index in [0.717, 1.165) is 6.42 Å². The van der Waals surface area contributed by atoms with E-state index in [9.17, 15) is 9.59 Å². The maximum absolute atomic E-state index is 11.8. The fourth-order valence-corrected chi connectivity index (χ4v) is 1.69. The monoisotopic (exact) mass is 286 g/mol. The van der Waals surface area contributed by atoms with Gasteiger partial charge in [-0.15, -0.1) is 0 Å². The largest absolute Gasteiger partial charge is 0.367 e. The minimum atomic E-state index is -0.342. The predicted molar refractivity (Wildman–Crippen MR) is 67.0 cm³/mol. The molecule has 0 saturated heterocycles. The highest BCUT2D eigenvalue weighted by Crippen LogP contribution is 2.12. The Morgan fingerprint density at radius 2 is 2.31 bits per heavy atom. The van der Waals surface area contributed by atoms with Gasteiger partial charge in [0.1, 0.15) is 5.56 Å². The summed E-state index contributed by atoms with van der Waals surface area (Å²) in [6, 6.07) is 1.34. The highest BCUT2D eigenvalue weighted by Gasteiger charge is 2.24. The van der Waals surface area contributed by atoms with Crippen molar-refractivity contribution < 1.29 is 4.79 Å². The average Bonchev–Trinajstić information content (AvgIpc) is 2.29. The molecule has 1 aromatic heterocycles. The molecule has 4 nitrogen and oxygen atoms in total. The van der Waals surface area contributed by atoms with Crippen LogP contribution in [0.5, 0.6) is 0 Å². The highest BCUT2D eigenvalue weighted by molar-refractivity contribution is 9.09. The van der Waals surface area contributed by atoms with Crippen LogP contribution in [0.15, 0.2) is 23.3 Å². The fourth-order valence-electron chi connectivity index (χ4n) is 1.15. The SMILES string of the molecule is CCC(C)(CBr)NC(=O)c1c[nH]ccc1=O. The smallest absolute Gasteiger partial charge is 0.257 e. The van der Waals surface area contributed by atoms with Crippen molar-refractivity contribution in [2.24, 2.45) is 0 Å². The summed E-state index contributed by atoms with van der Waals surface area (Å²) < 4.78 is 0. The lowest BCUT2D eigenvalue weighted by Gasteiger charge is -2.27. The van der Waals surface area contributed by atoms with Crippen LogP contribution in [0.3, 0.4) is 0 Å². The maximum atomic E-state index is 11.8. The van der Waals surface area contributed by atoms with E-state index in [-0.39, 0.29) is 22.4 Å². The van der Waals surface area contributed by atoms with Crippen LogP contribution in [-0.4, -0.2) is 21.8 Å². The van der Waals surface area contributed by atoms with Crippen LogP contribution < -0.4 is 10.7 Å². The topological polar surface area (TPSA) is 62.0 Å². The number of alkyl halides is 1. The van der Waals surface area contributed by atoms with Crippen molar-refractivity contribution in [3.8, 4) is 0 Å². The van der Waals surface area contributed by atoms with Crippen molar-refractivity contribution in [2.45, 2.75) is 25.8 Å². The van der Waals surface area contributed by atoms with Crippen LogP contribution in [0.25, 0.3) is 0 Å². The zero-order chi connectivity index (χ0) is 12.2. The number of hydrogen-bond acceptors (Lipinski definition) is 2. The standard InChI is InChI=1S/C11H15BrN2O2/c1-3-11(2,7-12)14-10(16)8-6-13-5-4-9(8)15/h4-6H,3,7H2,1-2H3,(H,13,15)(H,14,16). The molecule has 0 spiro atoms. The third-order valence-corrected chi connectivity index (χ3v) is 3.80. The first kappa shape index (κ1) is 13.0. The van der Waals surface area contributed by atoms with Crippen molar-refractivity contribution in [2.75, 3.05) is 5.33 Å². The van der Waals surface area contributed by atoms with Crippen LogP contribution in [0.1, 0.15) is 30.6 Å². The van der Waals surface area contributed by atoms with Gasteiger partial charge >= 0.3 is 0 Å². The van der Waals surface area contributed by atoms with E-state index in [4.69, 9.17) is 0 Å². The summed E-state index contributed by atoms with van der Waals surface area (Å²) in [4.78, 5) is 26.0. The van der Waals surface area contributed by atoms with Crippen LogP contribution in [-0.2, 0) is 0 Å². The molecule has 16 heavy (non-hydrogen) atoms. The molecule has 0 bridgehead atoms. The Hall–Kier alpha value is -1.10. The molecule has 0 aliphatic rings. The normalized spacial score (nSPS) is 14.2. The second-order valence-electron chi connectivity index (χ2n) is 3.92. The second kappa shape index (κ2) is 5.30. The minimum absolute atomic E-state index is 0.142. The van der Waals surface area contributed by atoms with Crippen LogP contribution in [0.2, 0.25) is 0 Å². The van der Waals surface area contributed by atoms with Gasteiger partial charge in [0.2, 0.25) is 0 Å². The van der Waals surface area contributed by atoms with Crippen molar-refractivity contribution in [3.05, 3.63) is 34.2 Å². The van der Waals surface area contributed by atoms with Gasteiger partial charge < -0.3 is 10.3 Å². The summed E-state index contributed by atoms with van der Waals surface area (Å²) in [6.45, 7) is 3.91.